The SMILES string of the molecule is Cc1ccc(S(=O)(=O)O)cc1.O=C(N[C@H]1C2CCN(CC2)[C@@H]1Cc1cccnc1)c1cc2ccccc2o1. The second kappa shape index (κ2) is 11.1. The number of fused-ring (bicyclic) bond motifs is 4. The molecule has 5 heterocycles. The fraction of sp³-hybridized carbons (Fsp3) is 0.310. The fourth-order valence-corrected chi connectivity index (χ4v) is 5.89. The summed E-state index contributed by atoms with van der Waals surface area (Å²) in [6, 6.07) is 20.1. The summed E-state index contributed by atoms with van der Waals surface area (Å²) in [4.78, 5) is 19.6. The molecule has 4 aromatic rings. The number of carbonyl (C=O) groups is 1. The van der Waals surface area contributed by atoms with Crippen molar-refractivity contribution in [2.24, 2.45) is 5.92 Å². The molecular formula is C29H31N3O5S. The van der Waals surface area contributed by atoms with Crippen LogP contribution in [-0.2, 0) is 16.5 Å². The fourth-order valence-electron chi connectivity index (χ4n) is 5.41. The van der Waals surface area contributed by atoms with Gasteiger partial charge in [0, 0.05) is 29.9 Å². The second-order valence-electron chi connectivity index (χ2n) is 9.94. The van der Waals surface area contributed by atoms with E-state index in [0.717, 1.165) is 48.9 Å². The van der Waals surface area contributed by atoms with Crippen molar-refractivity contribution in [2.45, 2.75) is 43.2 Å². The van der Waals surface area contributed by atoms with Gasteiger partial charge in [0.1, 0.15) is 5.58 Å². The van der Waals surface area contributed by atoms with Crippen LogP contribution in [0.4, 0.5) is 0 Å². The molecule has 3 saturated heterocycles. The van der Waals surface area contributed by atoms with Gasteiger partial charge in [-0.25, -0.2) is 0 Å². The van der Waals surface area contributed by atoms with Crippen molar-refractivity contribution in [2.75, 3.05) is 13.1 Å². The molecule has 8 nitrogen and oxygen atoms in total. The average Bonchev–Trinajstić information content (AvgIpc) is 3.36. The second-order valence-corrected chi connectivity index (χ2v) is 11.4. The number of carbonyl (C=O) groups excluding carboxylic acids is 1. The molecule has 198 valence electrons. The van der Waals surface area contributed by atoms with E-state index in [1.54, 1.807) is 18.3 Å². The molecule has 2 aromatic heterocycles. The number of rotatable bonds is 5. The first-order valence-corrected chi connectivity index (χ1v) is 14.2. The van der Waals surface area contributed by atoms with Gasteiger partial charge >= 0.3 is 0 Å². The van der Waals surface area contributed by atoms with E-state index in [0.29, 0.717) is 17.7 Å². The Balaban J connectivity index is 0.000000226. The van der Waals surface area contributed by atoms with Crippen LogP contribution in [0.15, 0.2) is 88.4 Å². The summed E-state index contributed by atoms with van der Waals surface area (Å²) in [6.07, 6.45) is 6.94. The maximum absolute atomic E-state index is 12.9. The summed E-state index contributed by atoms with van der Waals surface area (Å²) in [7, 11) is -4.02. The summed E-state index contributed by atoms with van der Waals surface area (Å²) in [5.41, 5.74) is 2.93. The molecule has 2 atom stereocenters. The highest BCUT2D eigenvalue weighted by Crippen LogP contribution is 2.34. The molecule has 0 saturated carbocycles. The van der Waals surface area contributed by atoms with E-state index in [9.17, 15) is 13.2 Å². The number of amides is 1. The van der Waals surface area contributed by atoms with E-state index in [1.165, 1.54) is 17.7 Å². The van der Waals surface area contributed by atoms with Crippen molar-refractivity contribution in [1.82, 2.24) is 15.2 Å². The Labute approximate surface area is 222 Å². The summed E-state index contributed by atoms with van der Waals surface area (Å²) >= 11 is 0. The van der Waals surface area contributed by atoms with Gasteiger partial charge in [0.25, 0.3) is 16.0 Å². The number of aromatic nitrogens is 1. The lowest BCUT2D eigenvalue weighted by molar-refractivity contribution is 0.0131. The van der Waals surface area contributed by atoms with Crippen molar-refractivity contribution >= 4 is 27.0 Å². The van der Waals surface area contributed by atoms with Crippen LogP contribution in [0.3, 0.4) is 0 Å². The summed E-state index contributed by atoms with van der Waals surface area (Å²) in [5.74, 6) is 0.818. The van der Waals surface area contributed by atoms with E-state index in [2.05, 4.69) is 21.3 Å². The van der Waals surface area contributed by atoms with E-state index >= 15 is 0 Å². The molecule has 0 spiro atoms. The number of para-hydroxylation sites is 1. The van der Waals surface area contributed by atoms with Crippen LogP contribution in [0.5, 0.6) is 0 Å². The zero-order chi connectivity index (χ0) is 26.7. The molecule has 38 heavy (non-hydrogen) atoms. The van der Waals surface area contributed by atoms with Gasteiger partial charge < -0.3 is 9.73 Å². The molecule has 0 unspecified atom stereocenters. The predicted octanol–water partition coefficient (Wildman–Crippen LogP) is 4.50. The van der Waals surface area contributed by atoms with Crippen LogP contribution in [0.1, 0.15) is 34.5 Å². The highest BCUT2D eigenvalue weighted by molar-refractivity contribution is 7.85. The van der Waals surface area contributed by atoms with Gasteiger partial charge in [0.2, 0.25) is 0 Å². The van der Waals surface area contributed by atoms with Crippen LogP contribution in [-0.4, -0.2) is 53.9 Å². The summed E-state index contributed by atoms with van der Waals surface area (Å²) < 4.78 is 35.3. The molecule has 2 aromatic carbocycles. The van der Waals surface area contributed by atoms with Crippen LogP contribution < -0.4 is 5.32 Å². The smallest absolute Gasteiger partial charge is 0.294 e. The zero-order valence-electron chi connectivity index (χ0n) is 21.2. The monoisotopic (exact) mass is 533 g/mol. The third-order valence-corrected chi connectivity index (χ3v) is 8.27. The first-order valence-electron chi connectivity index (χ1n) is 12.7. The minimum atomic E-state index is -4.02. The topological polar surface area (TPSA) is 113 Å². The van der Waals surface area contributed by atoms with Crippen LogP contribution >= 0.6 is 0 Å². The first-order chi connectivity index (χ1) is 18.3. The maximum Gasteiger partial charge on any atom is 0.294 e. The Bertz CT molecular complexity index is 1460. The highest BCUT2D eigenvalue weighted by atomic mass is 32.2. The van der Waals surface area contributed by atoms with E-state index in [-0.39, 0.29) is 16.8 Å². The van der Waals surface area contributed by atoms with Gasteiger partial charge in [-0.3, -0.25) is 19.2 Å². The minimum absolute atomic E-state index is 0.0666. The highest BCUT2D eigenvalue weighted by Gasteiger charge is 2.43. The summed E-state index contributed by atoms with van der Waals surface area (Å²) in [5, 5.41) is 4.26. The third-order valence-electron chi connectivity index (χ3n) is 7.40. The standard InChI is InChI=1S/C22H23N3O2.C7H8O3S/c26-22(20-13-17-5-1-2-6-19(17)27-20)24-21-16-7-10-25(11-8-16)18(21)12-15-4-3-9-23-14-15;1-6-2-4-7(5-3-6)11(8,9)10/h1-6,9,13-14,16,18,21H,7-8,10-12H2,(H,24,26);2-5H,1H3,(H,8,9,10)/t18-,21+;/m1./s1. The number of aryl methyl sites for hydroxylation is 1. The number of benzene rings is 2. The van der Waals surface area contributed by atoms with Crippen molar-refractivity contribution in [3.8, 4) is 0 Å². The van der Waals surface area contributed by atoms with Crippen molar-refractivity contribution in [3.05, 3.63) is 96.0 Å². The molecule has 0 aliphatic carbocycles. The molecule has 3 fully saturated rings. The molecule has 2 N–H and O–H groups in total. The van der Waals surface area contributed by atoms with Crippen LogP contribution in [0.25, 0.3) is 11.0 Å². The molecule has 3 aliphatic rings. The molecular weight excluding hydrogens is 502 g/mol. The molecule has 9 heteroatoms. The first kappa shape index (κ1) is 26.1. The number of furan rings is 1. The molecule has 0 radical (unpaired) electrons. The Hall–Kier alpha value is -3.53. The largest absolute Gasteiger partial charge is 0.451 e. The zero-order valence-corrected chi connectivity index (χ0v) is 22.0. The number of nitrogens with zero attached hydrogens (tertiary/aromatic N) is 2. The van der Waals surface area contributed by atoms with Gasteiger partial charge in [0.15, 0.2) is 5.76 Å². The van der Waals surface area contributed by atoms with Gasteiger partial charge in [-0.05, 0) is 81.1 Å². The molecule has 2 bridgehead atoms. The van der Waals surface area contributed by atoms with Crippen molar-refractivity contribution in [1.29, 1.82) is 0 Å². The van der Waals surface area contributed by atoms with Gasteiger partial charge in [-0.2, -0.15) is 8.42 Å². The van der Waals surface area contributed by atoms with Gasteiger partial charge in [0.05, 0.1) is 4.90 Å². The number of pyridine rings is 1. The van der Waals surface area contributed by atoms with E-state index in [4.69, 9.17) is 8.97 Å². The Morgan fingerprint density at radius 3 is 2.47 bits per heavy atom. The summed E-state index contributed by atoms with van der Waals surface area (Å²) in [6.45, 7) is 4.08. The Kier molecular flexibility index (Phi) is 7.60. The Morgan fingerprint density at radius 2 is 1.82 bits per heavy atom. The average molecular weight is 534 g/mol. The predicted molar refractivity (Wildman–Crippen MR) is 144 cm³/mol. The Morgan fingerprint density at radius 1 is 1.08 bits per heavy atom. The van der Waals surface area contributed by atoms with Crippen LogP contribution in [0, 0.1) is 12.8 Å². The number of hydrogen-bond acceptors (Lipinski definition) is 6. The lowest BCUT2D eigenvalue weighted by Gasteiger charge is -2.51. The van der Waals surface area contributed by atoms with Crippen molar-refractivity contribution < 1.29 is 22.2 Å². The molecule has 3 aliphatic heterocycles. The lowest BCUT2D eigenvalue weighted by Crippen LogP contribution is -2.64. The van der Waals surface area contributed by atoms with Gasteiger partial charge in [-0.1, -0.05) is 42.0 Å². The molecule has 1 amide bonds. The lowest BCUT2D eigenvalue weighted by atomic mass is 9.76. The van der Waals surface area contributed by atoms with Gasteiger partial charge in [-0.15, -0.1) is 0 Å². The maximum atomic E-state index is 12.9. The normalized spacial score (nSPS) is 22.5. The van der Waals surface area contributed by atoms with Crippen LogP contribution in [0.2, 0.25) is 0 Å². The van der Waals surface area contributed by atoms with E-state index < -0.39 is 10.1 Å². The molecule has 7 rings (SSSR count). The quantitative estimate of drug-likeness (QED) is 0.363. The number of nitrogens with one attached hydrogen (secondary N) is 1. The number of hydrogen-bond donors (Lipinski definition) is 2. The van der Waals surface area contributed by atoms with Crippen molar-refractivity contribution in [3.63, 3.8) is 0 Å². The number of piperidine rings is 3. The minimum Gasteiger partial charge on any atom is -0.451 e. The third kappa shape index (κ3) is 5.96. The van der Waals surface area contributed by atoms with E-state index in [1.807, 2.05) is 49.5 Å².